The highest BCUT2D eigenvalue weighted by Crippen LogP contribution is 2.22. The number of rotatable bonds is 4. The van der Waals surface area contributed by atoms with Gasteiger partial charge in [-0.05, 0) is 60.7 Å². The highest BCUT2D eigenvalue weighted by atomic mass is 15.1. The zero-order chi connectivity index (χ0) is 20.3. The van der Waals surface area contributed by atoms with Crippen molar-refractivity contribution in [2.45, 2.75) is 0 Å². The Balaban J connectivity index is 0.000000166. The summed E-state index contributed by atoms with van der Waals surface area (Å²) in [6.45, 7) is 0. The summed E-state index contributed by atoms with van der Waals surface area (Å²) < 4.78 is 0. The normalized spacial score (nSPS) is 10.2. The van der Waals surface area contributed by atoms with Crippen molar-refractivity contribution in [3.05, 3.63) is 115 Å². The van der Waals surface area contributed by atoms with Crippen molar-refractivity contribution >= 4 is 28.4 Å². The number of para-hydroxylation sites is 2. The first kappa shape index (κ1) is 19.8. The molecule has 4 rings (SSSR count). The average molecular weight is 380 g/mol. The molecule has 0 atom stereocenters. The van der Waals surface area contributed by atoms with Crippen molar-refractivity contribution in [2.75, 3.05) is 17.7 Å². The van der Waals surface area contributed by atoms with E-state index in [0.717, 1.165) is 17.1 Å². The van der Waals surface area contributed by atoms with Crippen LogP contribution >= 0.6 is 0 Å². The van der Waals surface area contributed by atoms with Crippen LogP contribution in [-0.2, 0) is 0 Å². The molecule has 0 saturated heterocycles. The second-order valence-corrected chi connectivity index (χ2v) is 6.36. The molecular formula is C25H24N4. The minimum Gasteiger partial charge on any atom is -0.399 e. The lowest BCUT2D eigenvalue weighted by Crippen LogP contribution is -2.08. The fraction of sp³-hybridized carbons (Fsp3) is 0.0400. The minimum atomic E-state index is 0.730. The van der Waals surface area contributed by atoms with Crippen molar-refractivity contribution in [3.63, 3.8) is 0 Å². The smallest absolute Gasteiger partial charge is 0.0858 e. The summed E-state index contributed by atoms with van der Waals surface area (Å²) >= 11 is 0. The number of nitrogen functional groups attached to an aromatic ring is 1. The maximum atomic E-state index is 5.56. The van der Waals surface area contributed by atoms with Crippen LogP contribution in [0.4, 0.5) is 28.4 Å². The van der Waals surface area contributed by atoms with Gasteiger partial charge < -0.3 is 10.6 Å². The Labute approximate surface area is 172 Å². The van der Waals surface area contributed by atoms with Crippen LogP contribution in [0.15, 0.2) is 125 Å². The third-order valence-electron chi connectivity index (χ3n) is 4.22. The molecule has 0 heterocycles. The molecule has 0 amide bonds. The molecule has 0 bridgehead atoms. The van der Waals surface area contributed by atoms with Crippen LogP contribution in [-0.4, -0.2) is 7.05 Å². The average Bonchev–Trinajstić information content (AvgIpc) is 2.80. The van der Waals surface area contributed by atoms with Gasteiger partial charge in [-0.2, -0.15) is 10.2 Å². The van der Waals surface area contributed by atoms with E-state index >= 15 is 0 Å². The van der Waals surface area contributed by atoms with E-state index in [0.29, 0.717) is 0 Å². The summed E-state index contributed by atoms with van der Waals surface area (Å²) in [5.74, 6) is 0. The number of hydrogen-bond donors (Lipinski definition) is 1. The lowest BCUT2D eigenvalue weighted by Gasteiger charge is -2.18. The first-order valence-corrected chi connectivity index (χ1v) is 9.38. The summed E-state index contributed by atoms with van der Waals surface area (Å²) in [5.41, 5.74) is 10.3. The van der Waals surface area contributed by atoms with E-state index in [4.69, 9.17) is 5.73 Å². The quantitative estimate of drug-likeness (QED) is 0.302. The highest BCUT2D eigenvalue weighted by molar-refractivity contribution is 5.61. The van der Waals surface area contributed by atoms with Gasteiger partial charge >= 0.3 is 0 Å². The molecule has 144 valence electrons. The van der Waals surface area contributed by atoms with Gasteiger partial charge in [0.25, 0.3) is 0 Å². The van der Waals surface area contributed by atoms with Crippen molar-refractivity contribution in [2.24, 2.45) is 10.2 Å². The van der Waals surface area contributed by atoms with Crippen LogP contribution in [0.2, 0.25) is 0 Å². The Kier molecular flexibility index (Phi) is 7.13. The molecule has 4 nitrogen and oxygen atoms in total. The maximum Gasteiger partial charge on any atom is 0.0858 e. The van der Waals surface area contributed by atoms with E-state index < -0.39 is 0 Å². The van der Waals surface area contributed by atoms with E-state index in [-0.39, 0.29) is 0 Å². The number of anilines is 3. The molecule has 4 heteroatoms. The lowest BCUT2D eigenvalue weighted by atomic mass is 10.2. The van der Waals surface area contributed by atoms with E-state index in [1.54, 1.807) is 12.1 Å². The van der Waals surface area contributed by atoms with Gasteiger partial charge in [0, 0.05) is 24.1 Å². The Morgan fingerprint density at radius 2 is 0.897 bits per heavy atom. The second kappa shape index (κ2) is 10.4. The summed E-state index contributed by atoms with van der Waals surface area (Å²) in [6, 6.07) is 37.6. The second-order valence-electron chi connectivity index (χ2n) is 6.36. The van der Waals surface area contributed by atoms with Crippen molar-refractivity contribution < 1.29 is 0 Å². The largest absolute Gasteiger partial charge is 0.399 e. The van der Waals surface area contributed by atoms with Gasteiger partial charge in [0.05, 0.1) is 11.4 Å². The predicted octanol–water partition coefficient (Wildman–Crippen LogP) is 7.14. The number of benzene rings is 4. The fourth-order valence-electron chi connectivity index (χ4n) is 2.60. The summed E-state index contributed by atoms with van der Waals surface area (Å²) in [4.78, 5) is 2.17. The van der Waals surface area contributed by atoms with Gasteiger partial charge in [-0.25, -0.2) is 0 Å². The van der Waals surface area contributed by atoms with Gasteiger partial charge in [-0.3, -0.25) is 0 Å². The summed E-state index contributed by atoms with van der Waals surface area (Å²) in [7, 11) is 2.07. The lowest BCUT2D eigenvalue weighted by molar-refractivity contribution is 1.21. The minimum absolute atomic E-state index is 0.730. The van der Waals surface area contributed by atoms with Gasteiger partial charge in [0.1, 0.15) is 0 Å². The summed E-state index contributed by atoms with van der Waals surface area (Å²) in [5, 5.41) is 8.18. The van der Waals surface area contributed by atoms with E-state index in [1.807, 2.05) is 54.6 Å². The molecule has 2 N–H and O–H groups in total. The van der Waals surface area contributed by atoms with Crippen LogP contribution in [0.25, 0.3) is 0 Å². The number of azo groups is 1. The summed E-state index contributed by atoms with van der Waals surface area (Å²) in [6.07, 6.45) is 0. The maximum absolute atomic E-state index is 5.56. The molecule has 4 aromatic rings. The van der Waals surface area contributed by atoms with Gasteiger partial charge in [0.2, 0.25) is 0 Å². The molecule has 4 aromatic carbocycles. The van der Waals surface area contributed by atoms with Crippen molar-refractivity contribution in [3.8, 4) is 0 Å². The third-order valence-corrected chi connectivity index (χ3v) is 4.22. The molecule has 0 unspecified atom stereocenters. The monoisotopic (exact) mass is 380 g/mol. The predicted molar refractivity (Wildman–Crippen MR) is 122 cm³/mol. The highest BCUT2D eigenvalue weighted by Gasteiger charge is 2.00. The Hall–Kier alpha value is -3.92. The first-order valence-electron chi connectivity index (χ1n) is 9.38. The SMILES string of the molecule is CN(c1ccccc1)c1ccccc1.Nc1ccc(N=Nc2ccccc2)cc1. The number of nitrogens with two attached hydrogens (primary N) is 1. The standard InChI is InChI=1S/C13H13N.C12H11N3/c1-14(12-8-4-2-5-9-12)13-10-6-3-7-11-13;13-10-6-8-12(9-7-10)15-14-11-4-2-1-3-5-11/h2-11H,1H3;1-9H,13H2. The van der Waals surface area contributed by atoms with Gasteiger partial charge in [0.15, 0.2) is 0 Å². The Bertz CT molecular complexity index is 959. The van der Waals surface area contributed by atoms with Crippen LogP contribution in [0, 0.1) is 0 Å². The molecule has 0 aromatic heterocycles. The number of nitrogens with zero attached hydrogens (tertiary/aromatic N) is 3. The van der Waals surface area contributed by atoms with Crippen LogP contribution in [0.5, 0.6) is 0 Å². The van der Waals surface area contributed by atoms with Gasteiger partial charge in [-0.15, -0.1) is 0 Å². The molecule has 0 aliphatic heterocycles. The zero-order valence-corrected chi connectivity index (χ0v) is 16.4. The Morgan fingerprint density at radius 1 is 0.517 bits per heavy atom. The molecule has 0 spiro atoms. The zero-order valence-electron chi connectivity index (χ0n) is 16.4. The van der Waals surface area contributed by atoms with Crippen LogP contribution in [0.1, 0.15) is 0 Å². The Morgan fingerprint density at radius 3 is 1.34 bits per heavy atom. The van der Waals surface area contributed by atoms with E-state index in [2.05, 4.69) is 70.7 Å². The van der Waals surface area contributed by atoms with E-state index in [9.17, 15) is 0 Å². The fourth-order valence-corrected chi connectivity index (χ4v) is 2.60. The first-order chi connectivity index (χ1) is 14.2. The molecule has 0 aliphatic rings. The molecule has 0 radical (unpaired) electrons. The molecule has 0 aliphatic carbocycles. The topological polar surface area (TPSA) is 54.0 Å². The third kappa shape index (κ3) is 6.33. The molecule has 29 heavy (non-hydrogen) atoms. The van der Waals surface area contributed by atoms with Crippen LogP contribution in [0.3, 0.4) is 0 Å². The van der Waals surface area contributed by atoms with E-state index in [1.165, 1.54) is 11.4 Å². The van der Waals surface area contributed by atoms with Crippen molar-refractivity contribution in [1.82, 2.24) is 0 Å². The molecular weight excluding hydrogens is 356 g/mol. The van der Waals surface area contributed by atoms with Crippen molar-refractivity contribution in [1.29, 1.82) is 0 Å². The van der Waals surface area contributed by atoms with Crippen LogP contribution < -0.4 is 10.6 Å². The van der Waals surface area contributed by atoms with Gasteiger partial charge in [-0.1, -0.05) is 54.6 Å². The molecule has 0 fully saturated rings. The number of hydrogen-bond acceptors (Lipinski definition) is 4. The molecule has 0 saturated carbocycles.